The van der Waals surface area contributed by atoms with Gasteiger partial charge < -0.3 is 0 Å². The van der Waals surface area contributed by atoms with Gasteiger partial charge in [-0.05, 0) is 47.0 Å². The van der Waals surface area contributed by atoms with Crippen LogP contribution < -0.4 is 4.90 Å². The summed E-state index contributed by atoms with van der Waals surface area (Å²) >= 11 is 3.36. The SMILES string of the molecule is CC(=N)N1C(=N)CCc2c1ccc(Br)c2C#N. The number of amidine groups is 2. The summed E-state index contributed by atoms with van der Waals surface area (Å²) in [6, 6.07) is 5.83. The fourth-order valence-electron chi connectivity index (χ4n) is 2.08. The standard InChI is InChI=1S/C12H11BrN4/c1-7(15)17-11-4-3-10(13)9(6-14)8(11)2-5-12(17)16/h3-4,15-16H,2,5H2,1H3. The molecule has 86 valence electrons. The Morgan fingerprint density at radius 2 is 2.18 bits per heavy atom. The maximum Gasteiger partial charge on any atom is 0.106 e. The van der Waals surface area contributed by atoms with Gasteiger partial charge in [0.05, 0.1) is 11.3 Å². The van der Waals surface area contributed by atoms with Crippen LogP contribution in [0.5, 0.6) is 0 Å². The number of halogens is 1. The first-order valence-corrected chi connectivity index (χ1v) is 5.99. The molecule has 0 unspecified atom stereocenters. The van der Waals surface area contributed by atoms with Crippen molar-refractivity contribution in [1.29, 1.82) is 16.1 Å². The summed E-state index contributed by atoms with van der Waals surface area (Å²) < 4.78 is 0.773. The molecule has 1 aromatic carbocycles. The van der Waals surface area contributed by atoms with Crippen LogP contribution in [0, 0.1) is 22.1 Å². The van der Waals surface area contributed by atoms with Crippen LogP contribution in [-0.2, 0) is 6.42 Å². The van der Waals surface area contributed by atoms with Crippen LogP contribution in [0.2, 0.25) is 0 Å². The highest BCUT2D eigenvalue weighted by Crippen LogP contribution is 2.34. The lowest BCUT2D eigenvalue weighted by Gasteiger charge is -2.31. The Hall–Kier alpha value is -1.67. The number of nitrogens with one attached hydrogen (secondary N) is 2. The lowest BCUT2D eigenvalue weighted by Crippen LogP contribution is -2.38. The molecule has 5 heteroatoms. The number of rotatable bonds is 0. The number of hydrogen-bond acceptors (Lipinski definition) is 3. The lowest BCUT2D eigenvalue weighted by atomic mass is 9.96. The van der Waals surface area contributed by atoms with Gasteiger partial charge in [0.25, 0.3) is 0 Å². The number of hydrogen-bond donors (Lipinski definition) is 2. The van der Waals surface area contributed by atoms with Crippen LogP contribution in [0.1, 0.15) is 24.5 Å². The van der Waals surface area contributed by atoms with E-state index in [0.29, 0.717) is 30.1 Å². The largest absolute Gasteiger partial charge is 0.288 e. The summed E-state index contributed by atoms with van der Waals surface area (Å²) in [4.78, 5) is 1.59. The van der Waals surface area contributed by atoms with E-state index in [2.05, 4.69) is 22.0 Å². The molecule has 1 aliphatic rings. The minimum Gasteiger partial charge on any atom is -0.288 e. The maximum absolute atomic E-state index is 9.16. The van der Waals surface area contributed by atoms with Crippen molar-refractivity contribution in [2.24, 2.45) is 0 Å². The van der Waals surface area contributed by atoms with Gasteiger partial charge in [-0.1, -0.05) is 0 Å². The molecule has 1 heterocycles. The highest BCUT2D eigenvalue weighted by molar-refractivity contribution is 9.10. The number of nitriles is 1. The molecule has 0 saturated heterocycles. The van der Waals surface area contributed by atoms with Gasteiger partial charge in [0.15, 0.2) is 0 Å². The molecular formula is C12H11BrN4. The first-order chi connectivity index (χ1) is 8.06. The summed E-state index contributed by atoms with van der Waals surface area (Å²) in [5.41, 5.74) is 2.32. The van der Waals surface area contributed by atoms with Crippen LogP contribution in [0.3, 0.4) is 0 Å². The third kappa shape index (κ3) is 1.85. The Bertz CT molecular complexity index is 556. The average Bonchev–Trinajstić information content (AvgIpc) is 2.28. The predicted octanol–water partition coefficient (Wildman–Crippen LogP) is 3.05. The Balaban J connectivity index is 2.67. The van der Waals surface area contributed by atoms with Gasteiger partial charge in [0.1, 0.15) is 17.7 Å². The van der Waals surface area contributed by atoms with E-state index in [1.807, 2.05) is 6.07 Å². The second kappa shape index (κ2) is 4.30. The summed E-state index contributed by atoms with van der Waals surface area (Å²) in [7, 11) is 0. The maximum atomic E-state index is 9.16. The van der Waals surface area contributed by atoms with Gasteiger partial charge in [-0.3, -0.25) is 15.7 Å². The predicted molar refractivity (Wildman–Crippen MR) is 70.8 cm³/mol. The van der Waals surface area contributed by atoms with Crippen molar-refractivity contribution in [1.82, 2.24) is 0 Å². The molecule has 0 bridgehead atoms. The fourth-order valence-corrected chi connectivity index (χ4v) is 2.54. The molecule has 0 aromatic heterocycles. The lowest BCUT2D eigenvalue weighted by molar-refractivity contribution is 0.961. The molecule has 0 amide bonds. The Morgan fingerprint density at radius 3 is 2.76 bits per heavy atom. The average molecular weight is 291 g/mol. The van der Waals surface area contributed by atoms with E-state index >= 15 is 0 Å². The van der Waals surface area contributed by atoms with Crippen LogP contribution >= 0.6 is 15.9 Å². The second-order valence-electron chi connectivity index (χ2n) is 3.90. The zero-order valence-corrected chi connectivity index (χ0v) is 10.9. The molecular weight excluding hydrogens is 280 g/mol. The topological polar surface area (TPSA) is 74.7 Å². The van der Waals surface area contributed by atoms with Crippen molar-refractivity contribution >= 4 is 33.3 Å². The molecule has 0 saturated carbocycles. The molecule has 0 radical (unpaired) electrons. The van der Waals surface area contributed by atoms with Crippen LogP contribution in [0.4, 0.5) is 5.69 Å². The number of benzene rings is 1. The van der Waals surface area contributed by atoms with E-state index in [0.717, 1.165) is 15.7 Å². The smallest absolute Gasteiger partial charge is 0.106 e. The minimum atomic E-state index is 0.308. The van der Waals surface area contributed by atoms with E-state index in [1.165, 1.54) is 0 Å². The fraction of sp³-hybridized carbons (Fsp3) is 0.250. The Labute approximate surface area is 108 Å². The molecule has 0 atom stereocenters. The molecule has 0 spiro atoms. The van der Waals surface area contributed by atoms with Crippen LogP contribution in [0.25, 0.3) is 0 Å². The van der Waals surface area contributed by atoms with Crippen molar-refractivity contribution in [3.05, 3.63) is 27.7 Å². The number of nitrogens with zero attached hydrogens (tertiary/aromatic N) is 2. The van der Waals surface area contributed by atoms with Crippen molar-refractivity contribution < 1.29 is 0 Å². The molecule has 2 N–H and O–H groups in total. The van der Waals surface area contributed by atoms with Gasteiger partial charge in [0, 0.05) is 10.9 Å². The van der Waals surface area contributed by atoms with Gasteiger partial charge in [0.2, 0.25) is 0 Å². The van der Waals surface area contributed by atoms with E-state index in [-0.39, 0.29) is 0 Å². The number of fused-ring (bicyclic) bond motifs is 1. The molecule has 2 rings (SSSR count). The molecule has 0 aliphatic carbocycles. The van der Waals surface area contributed by atoms with Crippen molar-refractivity contribution in [3.8, 4) is 6.07 Å². The minimum absolute atomic E-state index is 0.308. The normalized spacial score (nSPS) is 14.2. The van der Waals surface area contributed by atoms with Crippen LogP contribution in [-0.4, -0.2) is 11.7 Å². The first-order valence-electron chi connectivity index (χ1n) is 5.20. The first kappa shape index (κ1) is 11.8. The molecule has 17 heavy (non-hydrogen) atoms. The highest BCUT2D eigenvalue weighted by Gasteiger charge is 2.25. The third-order valence-corrected chi connectivity index (χ3v) is 3.47. The second-order valence-corrected chi connectivity index (χ2v) is 4.75. The van der Waals surface area contributed by atoms with Crippen molar-refractivity contribution in [2.75, 3.05) is 4.90 Å². The Kier molecular flexibility index (Phi) is 2.99. The Morgan fingerprint density at radius 1 is 1.47 bits per heavy atom. The third-order valence-electron chi connectivity index (χ3n) is 2.81. The van der Waals surface area contributed by atoms with E-state index in [4.69, 9.17) is 16.1 Å². The van der Waals surface area contributed by atoms with Crippen molar-refractivity contribution in [2.45, 2.75) is 19.8 Å². The summed E-state index contributed by atoms with van der Waals surface area (Å²) in [5, 5.41) is 24.8. The quantitative estimate of drug-likeness (QED) is 0.569. The molecule has 1 aromatic rings. The van der Waals surface area contributed by atoms with E-state index in [1.54, 1.807) is 17.9 Å². The van der Waals surface area contributed by atoms with Gasteiger partial charge in [-0.2, -0.15) is 5.26 Å². The van der Waals surface area contributed by atoms with Crippen molar-refractivity contribution in [3.63, 3.8) is 0 Å². The van der Waals surface area contributed by atoms with Gasteiger partial charge in [-0.25, -0.2) is 0 Å². The van der Waals surface area contributed by atoms with Gasteiger partial charge >= 0.3 is 0 Å². The number of anilines is 1. The summed E-state index contributed by atoms with van der Waals surface area (Å²) in [5.74, 6) is 0.721. The van der Waals surface area contributed by atoms with Crippen LogP contribution in [0.15, 0.2) is 16.6 Å². The highest BCUT2D eigenvalue weighted by atomic mass is 79.9. The molecule has 1 aliphatic heterocycles. The summed E-state index contributed by atoms with van der Waals surface area (Å²) in [6.45, 7) is 1.65. The van der Waals surface area contributed by atoms with E-state index in [9.17, 15) is 0 Å². The zero-order valence-electron chi connectivity index (χ0n) is 9.34. The monoisotopic (exact) mass is 290 g/mol. The zero-order chi connectivity index (χ0) is 12.6. The summed E-state index contributed by atoms with van der Waals surface area (Å²) in [6.07, 6.45) is 1.24. The van der Waals surface area contributed by atoms with E-state index < -0.39 is 0 Å². The van der Waals surface area contributed by atoms with Gasteiger partial charge in [-0.15, -0.1) is 0 Å². The molecule has 4 nitrogen and oxygen atoms in total. The molecule has 0 fully saturated rings.